The monoisotopic (exact) mass is 523 g/mol. The maximum absolute atomic E-state index is 12.8. The number of imide groups is 1. The van der Waals surface area contributed by atoms with Crippen molar-refractivity contribution >= 4 is 34.7 Å². The molecule has 11 nitrogen and oxygen atoms in total. The molecule has 1 saturated heterocycles. The van der Waals surface area contributed by atoms with E-state index in [1.165, 1.54) is 26.4 Å². The molecule has 0 saturated carbocycles. The van der Waals surface area contributed by atoms with E-state index in [0.29, 0.717) is 28.6 Å². The van der Waals surface area contributed by atoms with Gasteiger partial charge in [-0.25, -0.2) is 4.98 Å². The summed E-state index contributed by atoms with van der Waals surface area (Å²) in [5.74, 6) is 1.47. The van der Waals surface area contributed by atoms with Crippen LogP contribution in [0, 0.1) is 10.1 Å². The van der Waals surface area contributed by atoms with Gasteiger partial charge in [-0.2, -0.15) is 0 Å². The number of hydrogen-bond donors (Lipinski definition) is 0. The van der Waals surface area contributed by atoms with E-state index in [2.05, 4.69) is 4.98 Å². The van der Waals surface area contributed by atoms with Crippen molar-refractivity contribution in [2.45, 2.75) is 0 Å². The second-order valence-corrected chi connectivity index (χ2v) is 8.45. The molecule has 12 heteroatoms. The number of nitrogens with zero attached hydrogens (tertiary/aromatic N) is 3. The minimum atomic E-state index is -0.554. The molecular formula is C25H21N3O8S. The molecule has 0 atom stereocenters. The smallest absolute Gasteiger partial charge is 0.293 e. The molecule has 1 fully saturated rings. The van der Waals surface area contributed by atoms with E-state index in [4.69, 9.17) is 18.9 Å². The Hall–Kier alpha value is -4.58. The van der Waals surface area contributed by atoms with E-state index in [1.54, 1.807) is 42.5 Å². The first-order chi connectivity index (χ1) is 17.9. The average Bonchev–Trinajstić information content (AvgIpc) is 3.17. The number of methoxy groups -OCH3 is 2. The Morgan fingerprint density at radius 2 is 1.76 bits per heavy atom. The predicted molar refractivity (Wildman–Crippen MR) is 135 cm³/mol. The summed E-state index contributed by atoms with van der Waals surface area (Å²) < 4.78 is 22.0. The Balaban J connectivity index is 1.42. The third kappa shape index (κ3) is 5.98. The summed E-state index contributed by atoms with van der Waals surface area (Å²) in [4.78, 5) is 40.8. The van der Waals surface area contributed by atoms with Gasteiger partial charge in [-0.15, -0.1) is 0 Å². The van der Waals surface area contributed by atoms with Crippen LogP contribution in [0.3, 0.4) is 0 Å². The zero-order chi connectivity index (χ0) is 26.4. The lowest BCUT2D eigenvalue weighted by molar-refractivity contribution is -0.385. The van der Waals surface area contributed by atoms with Crippen LogP contribution in [-0.2, 0) is 4.79 Å². The highest BCUT2D eigenvalue weighted by atomic mass is 32.2. The van der Waals surface area contributed by atoms with Gasteiger partial charge in [0.25, 0.3) is 16.8 Å². The highest BCUT2D eigenvalue weighted by molar-refractivity contribution is 8.18. The Labute approximate surface area is 215 Å². The van der Waals surface area contributed by atoms with Crippen molar-refractivity contribution in [1.82, 2.24) is 9.88 Å². The normalized spacial score (nSPS) is 14.1. The molecule has 0 radical (unpaired) electrons. The molecule has 1 aliphatic heterocycles. The Morgan fingerprint density at radius 3 is 2.43 bits per heavy atom. The minimum Gasteiger partial charge on any atom is -0.493 e. The van der Waals surface area contributed by atoms with Crippen LogP contribution in [0.15, 0.2) is 65.7 Å². The number of thioether (sulfide) groups is 1. The lowest BCUT2D eigenvalue weighted by atomic mass is 10.2. The summed E-state index contributed by atoms with van der Waals surface area (Å²) in [6, 6.07) is 14.7. The van der Waals surface area contributed by atoms with E-state index < -0.39 is 16.1 Å². The number of pyridine rings is 1. The lowest BCUT2D eigenvalue weighted by Gasteiger charge is -2.14. The first-order valence-electron chi connectivity index (χ1n) is 10.9. The fraction of sp³-hybridized carbons (Fsp3) is 0.160. The molecule has 3 aromatic rings. The number of carbonyl (C=O) groups is 2. The van der Waals surface area contributed by atoms with Crippen molar-refractivity contribution < 1.29 is 33.5 Å². The molecule has 2 aromatic carbocycles. The van der Waals surface area contributed by atoms with E-state index in [0.717, 1.165) is 22.9 Å². The van der Waals surface area contributed by atoms with Crippen molar-refractivity contribution in [3.8, 4) is 28.9 Å². The van der Waals surface area contributed by atoms with Gasteiger partial charge >= 0.3 is 0 Å². The lowest BCUT2D eigenvalue weighted by Crippen LogP contribution is -2.32. The van der Waals surface area contributed by atoms with Crippen LogP contribution in [-0.4, -0.2) is 53.3 Å². The molecule has 0 spiro atoms. The summed E-state index contributed by atoms with van der Waals surface area (Å²) in [5, 5.41) is 10.4. The van der Waals surface area contributed by atoms with Crippen LogP contribution >= 0.6 is 11.8 Å². The quantitative estimate of drug-likeness (QED) is 0.205. The van der Waals surface area contributed by atoms with Gasteiger partial charge in [0.1, 0.15) is 12.8 Å². The van der Waals surface area contributed by atoms with Crippen LogP contribution < -0.4 is 18.9 Å². The third-order valence-corrected chi connectivity index (χ3v) is 6.05. The summed E-state index contributed by atoms with van der Waals surface area (Å²) in [7, 11) is 2.98. The standard InChI is InChI=1S/C25H21N3O8S/c1-33-18-5-3-4-6-19(18)35-12-11-27-24(29)22(37-25(27)30)14-16-7-9-20(21(13-16)34-2)36-23-10-8-17(15-26-23)28(31)32/h3-10,13-15H,11-12H2,1-2H3/b22-14-. The van der Waals surface area contributed by atoms with Crippen molar-refractivity contribution in [2.75, 3.05) is 27.4 Å². The van der Waals surface area contributed by atoms with Gasteiger partial charge in [0.15, 0.2) is 23.0 Å². The van der Waals surface area contributed by atoms with E-state index in [1.807, 2.05) is 6.07 Å². The maximum atomic E-state index is 12.8. The van der Waals surface area contributed by atoms with Gasteiger partial charge < -0.3 is 18.9 Å². The summed E-state index contributed by atoms with van der Waals surface area (Å²) in [5.41, 5.74) is 0.451. The van der Waals surface area contributed by atoms with E-state index >= 15 is 0 Å². The molecule has 4 rings (SSSR count). The van der Waals surface area contributed by atoms with Crippen molar-refractivity contribution in [2.24, 2.45) is 0 Å². The molecule has 1 aromatic heterocycles. The molecule has 0 N–H and O–H groups in total. The van der Waals surface area contributed by atoms with Crippen LogP contribution in [0.25, 0.3) is 6.08 Å². The predicted octanol–water partition coefficient (Wildman–Crippen LogP) is 4.91. The maximum Gasteiger partial charge on any atom is 0.293 e. The van der Waals surface area contributed by atoms with Crippen LogP contribution in [0.2, 0.25) is 0 Å². The highest BCUT2D eigenvalue weighted by Crippen LogP contribution is 2.36. The van der Waals surface area contributed by atoms with Gasteiger partial charge in [-0.05, 0) is 47.7 Å². The topological polar surface area (TPSA) is 130 Å². The second kappa shape index (κ2) is 11.4. The summed E-state index contributed by atoms with van der Waals surface area (Å²) in [6.45, 7) is 0.195. The zero-order valence-electron chi connectivity index (χ0n) is 19.8. The number of carbonyl (C=O) groups excluding carboxylic acids is 2. The molecule has 0 aliphatic carbocycles. The fourth-order valence-corrected chi connectivity index (χ4v) is 4.21. The number of aromatic nitrogens is 1. The van der Waals surface area contributed by atoms with Gasteiger partial charge in [0.2, 0.25) is 5.88 Å². The number of para-hydroxylation sites is 2. The first kappa shape index (κ1) is 25.5. The van der Waals surface area contributed by atoms with Crippen LogP contribution in [0.5, 0.6) is 28.9 Å². The average molecular weight is 524 g/mol. The Bertz CT molecular complexity index is 1360. The second-order valence-electron chi connectivity index (χ2n) is 7.46. The van der Waals surface area contributed by atoms with E-state index in [9.17, 15) is 19.7 Å². The van der Waals surface area contributed by atoms with Gasteiger partial charge in [-0.3, -0.25) is 24.6 Å². The third-order valence-electron chi connectivity index (χ3n) is 5.15. The largest absolute Gasteiger partial charge is 0.493 e. The fourth-order valence-electron chi connectivity index (χ4n) is 3.34. The number of rotatable bonds is 10. The number of ether oxygens (including phenoxy) is 4. The number of nitro groups is 1. The SMILES string of the molecule is COc1ccccc1OCCN1C(=O)S/C(=C\c2ccc(Oc3ccc([N+](=O)[O-])cn3)c(OC)c2)C1=O. The van der Waals surface area contributed by atoms with Crippen molar-refractivity contribution in [3.05, 3.63) is 81.4 Å². The number of benzene rings is 2. The Morgan fingerprint density at radius 1 is 1.00 bits per heavy atom. The van der Waals surface area contributed by atoms with Crippen molar-refractivity contribution in [3.63, 3.8) is 0 Å². The molecule has 2 amide bonds. The van der Waals surface area contributed by atoms with Gasteiger partial charge in [-0.1, -0.05) is 18.2 Å². The highest BCUT2D eigenvalue weighted by Gasteiger charge is 2.35. The molecule has 2 heterocycles. The number of amides is 2. The first-order valence-corrected chi connectivity index (χ1v) is 11.7. The molecular weight excluding hydrogens is 502 g/mol. The molecule has 0 bridgehead atoms. The Kier molecular flexibility index (Phi) is 7.89. The van der Waals surface area contributed by atoms with Gasteiger partial charge in [0.05, 0.1) is 30.6 Å². The van der Waals surface area contributed by atoms with Gasteiger partial charge in [0, 0.05) is 12.1 Å². The van der Waals surface area contributed by atoms with Crippen LogP contribution in [0.4, 0.5) is 10.5 Å². The molecule has 37 heavy (non-hydrogen) atoms. The van der Waals surface area contributed by atoms with Crippen LogP contribution in [0.1, 0.15) is 5.56 Å². The molecule has 1 aliphatic rings. The number of hydrogen-bond acceptors (Lipinski definition) is 10. The molecule has 0 unspecified atom stereocenters. The van der Waals surface area contributed by atoms with E-state index in [-0.39, 0.29) is 29.6 Å². The summed E-state index contributed by atoms with van der Waals surface area (Å²) in [6.07, 6.45) is 2.68. The molecule has 190 valence electrons. The van der Waals surface area contributed by atoms with Crippen molar-refractivity contribution in [1.29, 1.82) is 0 Å². The minimum absolute atomic E-state index is 0.0817. The summed E-state index contributed by atoms with van der Waals surface area (Å²) >= 11 is 0.836. The zero-order valence-corrected chi connectivity index (χ0v) is 20.6.